The highest BCUT2D eigenvalue weighted by atomic mass is 19.1. The van der Waals surface area contributed by atoms with Crippen LogP contribution in [0.1, 0.15) is 62.7 Å². The number of halogens is 1. The Morgan fingerprint density at radius 2 is 1.75 bits per heavy atom. The molecule has 0 N–H and O–H groups in total. The first-order chi connectivity index (χ1) is 13.6. The SMILES string of the molecule is CCCCOC(OCCCC)C1CCN(c2ccc(C(=O)OC)c(F)c2)CC1. The van der Waals surface area contributed by atoms with Crippen LogP contribution in [-0.2, 0) is 14.2 Å². The number of unbranched alkanes of at least 4 members (excludes halogenated alkanes) is 2. The van der Waals surface area contributed by atoms with E-state index in [1.54, 1.807) is 6.07 Å². The minimum Gasteiger partial charge on any atom is -0.465 e. The van der Waals surface area contributed by atoms with Crippen molar-refractivity contribution in [3.8, 4) is 0 Å². The van der Waals surface area contributed by atoms with Crippen molar-refractivity contribution in [2.75, 3.05) is 38.3 Å². The van der Waals surface area contributed by atoms with Crippen molar-refractivity contribution in [3.63, 3.8) is 0 Å². The smallest absolute Gasteiger partial charge is 0.340 e. The molecule has 28 heavy (non-hydrogen) atoms. The Kier molecular flexibility index (Phi) is 9.71. The monoisotopic (exact) mass is 395 g/mol. The molecule has 1 heterocycles. The van der Waals surface area contributed by atoms with Crippen molar-refractivity contribution in [2.24, 2.45) is 5.92 Å². The molecule has 0 unspecified atom stereocenters. The van der Waals surface area contributed by atoms with Crippen molar-refractivity contribution in [1.82, 2.24) is 0 Å². The Morgan fingerprint density at radius 3 is 2.25 bits per heavy atom. The van der Waals surface area contributed by atoms with E-state index in [1.165, 1.54) is 19.2 Å². The summed E-state index contributed by atoms with van der Waals surface area (Å²) in [6.07, 6.45) is 6.00. The minimum absolute atomic E-state index is 0.0325. The predicted octanol–water partition coefficient (Wildman–Crippen LogP) is 4.79. The van der Waals surface area contributed by atoms with Gasteiger partial charge in [0, 0.05) is 37.9 Å². The van der Waals surface area contributed by atoms with Crippen LogP contribution in [0.15, 0.2) is 18.2 Å². The van der Waals surface area contributed by atoms with Gasteiger partial charge in [-0.1, -0.05) is 26.7 Å². The quantitative estimate of drug-likeness (QED) is 0.306. The molecule has 158 valence electrons. The van der Waals surface area contributed by atoms with Crippen LogP contribution in [0.4, 0.5) is 10.1 Å². The number of methoxy groups -OCH3 is 1. The van der Waals surface area contributed by atoms with E-state index < -0.39 is 11.8 Å². The summed E-state index contributed by atoms with van der Waals surface area (Å²) in [6.45, 7) is 7.39. The molecule has 0 aliphatic carbocycles. The van der Waals surface area contributed by atoms with E-state index >= 15 is 0 Å². The van der Waals surface area contributed by atoms with Crippen molar-refractivity contribution >= 4 is 11.7 Å². The van der Waals surface area contributed by atoms with E-state index in [1.807, 2.05) is 0 Å². The van der Waals surface area contributed by atoms with E-state index in [4.69, 9.17) is 9.47 Å². The number of carbonyl (C=O) groups excluding carboxylic acids is 1. The van der Waals surface area contributed by atoms with E-state index in [0.29, 0.717) is 5.92 Å². The number of anilines is 1. The fourth-order valence-corrected chi connectivity index (χ4v) is 3.41. The molecule has 1 fully saturated rings. The first-order valence-electron chi connectivity index (χ1n) is 10.5. The van der Waals surface area contributed by atoms with Gasteiger partial charge in [-0.05, 0) is 43.9 Å². The highest BCUT2D eigenvalue weighted by Gasteiger charge is 2.28. The summed E-state index contributed by atoms with van der Waals surface area (Å²) in [5.41, 5.74) is 0.758. The largest absolute Gasteiger partial charge is 0.465 e. The molecule has 0 bridgehead atoms. The number of ether oxygens (including phenoxy) is 3. The zero-order valence-electron chi connectivity index (χ0n) is 17.4. The third-order valence-electron chi connectivity index (χ3n) is 5.21. The van der Waals surface area contributed by atoms with Crippen molar-refractivity contribution in [3.05, 3.63) is 29.6 Å². The molecule has 1 saturated heterocycles. The molecular weight excluding hydrogens is 361 g/mol. The first-order valence-corrected chi connectivity index (χ1v) is 10.5. The van der Waals surface area contributed by atoms with Gasteiger partial charge in [0.05, 0.1) is 12.7 Å². The second kappa shape index (κ2) is 12.0. The zero-order valence-corrected chi connectivity index (χ0v) is 17.4. The molecule has 5 nitrogen and oxygen atoms in total. The molecule has 1 aromatic rings. The number of rotatable bonds is 11. The van der Waals surface area contributed by atoms with E-state index in [0.717, 1.165) is 70.5 Å². The molecule has 0 aromatic heterocycles. The van der Waals surface area contributed by atoms with Crippen LogP contribution in [0, 0.1) is 11.7 Å². The van der Waals surface area contributed by atoms with Crippen LogP contribution < -0.4 is 4.90 Å². The molecule has 2 rings (SSSR count). The third-order valence-corrected chi connectivity index (χ3v) is 5.21. The average Bonchev–Trinajstić information content (AvgIpc) is 2.72. The molecule has 0 atom stereocenters. The minimum atomic E-state index is -0.654. The molecule has 1 aliphatic rings. The Bertz CT molecular complexity index is 592. The number of nitrogens with zero attached hydrogens (tertiary/aromatic N) is 1. The van der Waals surface area contributed by atoms with Gasteiger partial charge in [-0.25, -0.2) is 9.18 Å². The van der Waals surface area contributed by atoms with E-state index in [2.05, 4.69) is 23.5 Å². The van der Waals surface area contributed by atoms with Crippen LogP contribution >= 0.6 is 0 Å². The maximum atomic E-state index is 14.2. The number of carbonyl (C=O) groups is 1. The second-order valence-corrected chi connectivity index (χ2v) is 7.30. The highest BCUT2D eigenvalue weighted by Crippen LogP contribution is 2.28. The lowest BCUT2D eigenvalue weighted by atomic mass is 9.95. The van der Waals surface area contributed by atoms with Crippen molar-refractivity contribution in [2.45, 2.75) is 58.7 Å². The van der Waals surface area contributed by atoms with Crippen LogP contribution in [0.25, 0.3) is 0 Å². The van der Waals surface area contributed by atoms with Gasteiger partial charge in [0.1, 0.15) is 5.82 Å². The van der Waals surface area contributed by atoms with E-state index in [-0.39, 0.29) is 11.9 Å². The van der Waals surface area contributed by atoms with Gasteiger partial charge in [0.25, 0.3) is 0 Å². The van der Waals surface area contributed by atoms with Crippen LogP contribution in [0.5, 0.6) is 0 Å². The fourth-order valence-electron chi connectivity index (χ4n) is 3.41. The molecule has 1 aliphatic heterocycles. The predicted molar refractivity (Wildman–Crippen MR) is 108 cm³/mol. The average molecular weight is 396 g/mol. The normalized spacial score (nSPS) is 15.2. The lowest BCUT2D eigenvalue weighted by Crippen LogP contribution is -2.40. The first kappa shape index (κ1) is 22.6. The lowest BCUT2D eigenvalue weighted by molar-refractivity contribution is -0.177. The molecule has 0 radical (unpaired) electrons. The van der Waals surface area contributed by atoms with Gasteiger partial charge in [-0.3, -0.25) is 0 Å². The van der Waals surface area contributed by atoms with Gasteiger partial charge in [-0.15, -0.1) is 0 Å². The number of hydrogen-bond acceptors (Lipinski definition) is 5. The lowest BCUT2D eigenvalue weighted by Gasteiger charge is -2.37. The summed E-state index contributed by atoms with van der Waals surface area (Å²) in [5, 5.41) is 0. The second-order valence-electron chi connectivity index (χ2n) is 7.30. The van der Waals surface area contributed by atoms with Crippen molar-refractivity contribution in [1.29, 1.82) is 0 Å². The molecule has 0 spiro atoms. The highest BCUT2D eigenvalue weighted by molar-refractivity contribution is 5.90. The Balaban J connectivity index is 1.93. The van der Waals surface area contributed by atoms with E-state index in [9.17, 15) is 9.18 Å². The van der Waals surface area contributed by atoms with Gasteiger partial charge < -0.3 is 19.1 Å². The summed E-state index contributed by atoms with van der Waals surface area (Å²) in [7, 11) is 1.25. The number of piperidine rings is 1. The van der Waals surface area contributed by atoms with Crippen LogP contribution in [-0.4, -0.2) is 45.7 Å². The summed E-state index contributed by atoms with van der Waals surface area (Å²) in [5.74, 6) is -0.849. The summed E-state index contributed by atoms with van der Waals surface area (Å²) < 4.78 is 30.9. The molecular formula is C22H34FNO4. The Labute approximate surface area is 168 Å². The van der Waals surface area contributed by atoms with Crippen molar-refractivity contribution < 1.29 is 23.4 Å². The molecule has 0 amide bonds. The van der Waals surface area contributed by atoms with Gasteiger partial charge in [0.2, 0.25) is 0 Å². The Hall–Kier alpha value is -1.66. The summed E-state index contributed by atoms with van der Waals surface area (Å²) >= 11 is 0. The molecule has 0 saturated carbocycles. The summed E-state index contributed by atoms with van der Waals surface area (Å²) in [4.78, 5) is 13.7. The summed E-state index contributed by atoms with van der Waals surface area (Å²) in [6, 6.07) is 4.69. The topological polar surface area (TPSA) is 48.0 Å². The molecule has 1 aromatic carbocycles. The van der Waals surface area contributed by atoms with Crippen LogP contribution in [0.3, 0.4) is 0 Å². The van der Waals surface area contributed by atoms with Gasteiger partial charge >= 0.3 is 5.97 Å². The van der Waals surface area contributed by atoms with Gasteiger partial charge in [0.15, 0.2) is 6.29 Å². The maximum absolute atomic E-state index is 14.2. The zero-order chi connectivity index (χ0) is 20.4. The number of benzene rings is 1. The fraction of sp³-hybridized carbons (Fsp3) is 0.682. The Morgan fingerprint density at radius 1 is 1.14 bits per heavy atom. The molecule has 6 heteroatoms. The number of hydrogen-bond donors (Lipinski definition) is 0. The number of esters is 1. The van der Waals surface area contributed by atoms with Gasteiger partial charge in [-0.2, -0.15) is 0 Å². The third kappa shape index (κ3) is 6.45. The van der Waals surface area contributed by atoms with Crippen LogP contribution in [0.2, 0.25) is 0 Å². The maximum Gasteiger partial charge on any atom is 0.340 e. The standard InChI is InChI=1S/C22H34FNO4/c1-4-6-14-27-22(28-15-7-5-2)17-10-12-24(13-11-17)18-8-9-19(20(23)16-18)21(25)26-3/h8-9,16-17,22H,4-7,10-15H2,1-3H3.